The number of hydrogen-bond acceptors (Lipinski definition) is 5. The average Bonchev–Trinajstić information content (AvgIpc) is 3.05. The summed E-state index contributed by atoms with van der Waals surface area (Å²) < 4.78 is 32.2. The summed E-state index contributed by atoms with van der Waals surface area (Å²) in [6.07, 6.45) is 1.19. The van der Waals surface area contributed by atoms with Gasteiger partial charge in [0, 0.05) is 0 Å². The van der Waals surface area contributed by atoms with E-state index in [1.807, 2.05) is 18.2 Å². The second kappa shape index (κ2) is 6.57. The van der Waals surface area contributed by atoms with Gasteiger partial charge in [-0.1, -0.05) is 12.1 Å². The number of rotatable bonds is 4. The van der Waals surface area contributed by atoms with E-state index in [4.69, 9.17) is 10.00 Å². The quantitative estimate of drug-likeness (QED) is 0.905. The average molecular weight is 356 g/mol. The van der Waals surface area contributed by atoms with E-state index in [1.54, 1.807) is 13.2 Å². The molecule has 0 aliphatic heterocycles. The number of amides is 1. The van der Waals surface area contributed by atoms with E-state index in [0.717, 1.165) is 11.1 Å². The maximum atomic E-state index is 12.5. The normalized spacial score (nSPS) is 15.9. The van der Waals surface area contributed by atoms with Crippen molar-refractivity contribution in [3.05, 3.63) is 59.2 Å². The van der Waals surface area contributed by atoms with E-state index in [-0.39, 0.29) is 4.90 Å². The van der Waals surface area contributed by atoms with Crippen LogP contribution < -0.4 is 9.46 Å². The summed E-state index contributed by atoms with van der Waals surface area (Å²) in [7, 11) is -2.41. The molecule has 7 heteroatoms. The van der Waals surface area contributed by atoms with Crippen LogP contribution in [0.4, 0.5) is 0 Å². The smallest absolute Gasteiger partial charge is 0.264 e. The highest BCUT2D eigenvalue weighted by molar-refractivity contribution is 7.90. The van der Waals surface area contributed by atoms with Gasteiger partial charge in [-0.2, -0.15) is 5.26 Å². The number of sulfonamides is 1. The number of methoxy groups -OCH3 is 1. The minimum Gasteiger partial charge on any atom is -0.496 e. The van der Waals surface area contributed by atoms with Gasteiger partial charge in [-0.05, 0) is 54.3 Å². The van der Waals surface area contributed by atoms with Gasteiger partial charge < -0.3 is 4.74 Å². The van der Waals surface area contributed by atoms with Crippen molar-refractivity contribution in [2.75, 3.05) is 7.11 Å². The number of nitriles is 1. The summed E-state index contributed by atoms with van der Waals surface area (Å²) >= 11 is 0. The molecule has 128 valence electrons. The Morgan fingerprint density at radius 2 is 1.96 bits per heavy atom. The van der Waals surface area contributed by atoms with Gasteiger partial charge in [0.2, 0.25) is 5.91 Å². The summed E-state index contributed by atoms with van der Waals surface area (Å²) in [4.78, 5) is 12.5. The lowest BCUT2D eigenvalue weighted by molar-refractivity contribution is -0.120. The Kier molecular flexibility index (Phi) is 4.47. The lowest BCUT2D eigenvalue weighted by Gasteiger charge is -2.13. The molecular weight excluding hydrogens is 340 g/mol. The van der Waals surface area contributed by atoms with E-state index in [1.165, 1.54) is 24.3 Å². The molecule has 2 aromatic carbocycles. The van der Waals surface area contributed by atoms with E-state index in [0.29, 0.717) is 24.2 Å². The standard InChI is InChI=1S/C18H16N2O4S/c1-24-17-4-2-3-14-15(17)9-10-16(14)18(21)20-25(22,23)13-7-5-12(11-19)6-8-13/h2-8,16H,9-10H2,1H3,(H,20,21). The summed E-state index contributed by atoms with van der Waals surface area (Å²) in [6, 6.07) is 12.8. The summed E-state index contributed by atoms with van der Waals surface area (Å²) in [5.74, 6) is -0.377. The van der Waals surface area contributed by atoms with Crippen molar-refractivity contribution in [3.63, 3.8) is 0 Å². The van der Waals surface area contributed by atoms with Crippen molar-refractivity contribution in [1.29, 1.82) is 5.26 Å². The largest absolute Gasteiger partial charge is 0.496 e. The van der Waals surface area contributed by atoms with Crippen LogP contribution in [-0.2, 0) is 21.2 Å². The first-order valence-electron chi connectivity index (χ1n) is 7.69. The Morgan fingerprint density at radius 3 is 2.60 bits per heavy atom. The summed E-state index contributed by atoms with van der Waals surface area (Å²) in [6.45, 7) is 0. The first-order chi connectivity index (χ1) is 12.0. The molecule has 0 radical (unpaired) electrons. The fourth-order valence-corrected chi connectivity index (χ4v) is 4.07. The molecule has 0 aromatic heterocycles. The maximum absolute atomic E-state index is 12.5. The zero-order chi connectivity index (χ0) is 18.0. The lowest BCUT2D eigenvalue weighted by atomic mass is 10.0. The SMILES string of the molecule is COc1cccc2c1CCC2C(=O)NS(=O)(=O)c1ccc(C#N)cc1. The van der Waals surface area contributed by atoms with Crippen molar-refractivity contribution in [2.24, 2.45) is 0 Å². The highest BCUT2D eigenvalue weighted by Crippen LogP contribution is 2.38. The monoisotopic (exact) mass is 356 g/mol. The third-order valence-corrected chi connectivity index (χ3v) is 5.66. The van der Waals surface area contributed by atoms with Crippen molar-refractivity contribution in [2.45, 2.75) is 23.7 Å². The van der Waals surface area contributed by atoms with Gasteiger partial charge in [-0.15, -0.1) is 0 Å². The predicted molar refractivity (Wildman–Crippen MR) is 90.5 cm³/mol. The molecule has 1 unspecified atom stereocenters. The van der Waals surface area contributed by atoms with Gasteiger partial charge in [0.05, 0.1) is 29.6 Å². The van der Waals surface area contributed by atoms with Crippen LogP contribution in [0.2, 0.25) is 0 Å². The van der Waals surface area contributed by atoms with Crippen LogP contribution in [0.15, 0.2) is 47.4 Å². The first kappa shape index (κ1) is 17.0. The molecule has 6 nitrogen and oxygen atoms in total. The van der Waals surface area contributed by atoms with Gasteiger partial charge in [-0.3, -0.25) is 4.79 Å². The Hall–Kier alpha value is -2.85. The van der Waals surface area contributed by atoms with Gasteiger partial charge >= 0.3 is 0 Å². The molecule has 0 spiro atoms. The highest BCUT2D eigenvalue weighted by atomic mass is 32.2. The van der Waals surface area contributed by atoms with Gasteiger partial charge in [0.25, 0.3) is 10.0 Å². The molecule has 1 aliphatic carbocycles. The van der Waals surface area contributed by atoms with Crippen molar-refractivity contribution >= 4 is 15.9 Å². The van der Waals surface area contributed by atoms with E-state index in [2.05, 4.69) is 4.72 Å². The van der Waals surface area contributed by atoms with Crippen LogP contribution in [0.3, 0.4) is 0 Å². The number of ether oxygens (including phenoxy) is 1. The van der Waals surface area contributed by atoms with Crippen LogP contribution in [0, 0.1) is 11.3 Å². The molecule has 1 amide bonds. The van der Waals surface area contributed by atoms with E-state index in [9.17, 15) is 13.2 Å². The maximum Gasteiger partial charge on any atom is 0.264 e. The Balaban J connectivity index is 1.83. The fourth-order valence-electron chi connectivity index (χ4n) is 3.06. The molecule has 0 saturated carbocycles. The first-order valence-corrected chi connectivity index (χ1v) is 9.17. The second-order valence-electron chi connectivity index (χ2n) is 5.73. The van der Waals surface area contributed by atoms with Crippen molar-refractivity contribution < 1.29 is 17.9 Å². The van der Waals surface area contributed by atoms with E-state index < -0.39 is 21.8 Å². The molecule has 3 rings (SSSR count). The topological polar surface area (TPSA) is 96.3 Å². The Labute approximate surface area is 146 Å². The number of carbonyl (C=O) groups excluding carboxylic acids is 1. The molecular formula is C18H16N2O4S. The number of benzene rings is 2. The molecule has 25 heavy (non-hydrogen) atoms. The number of carbonyl (C=O) groups is 1. The zero-order valence-electron chi connectivity index (χ0n) is 13.5. The molecule has 2 aromatic rings. The third-order valence-electron chi connectivity index (χ3n) is 4.29. The molecule has 1 aliphatic rings. The molecule has 1 atom stereocenters. The van der Waals surface area contributed by atoms with Crippen molar-refractivity contribution in [1.82, 2.24) is 4.72 Å². The van der Waals surface area contributed by atoms with Crippen LogP contribution in [0.25, 0.3) is 0 Å². The minimum atomic E-state index is -3.98. The van der Waals surface area contributed by atoms with E-state index >= 15 is 0 Å². The van der Waals surface area contributed by atoms with Crippen LogP contribution in [0.5, 0.6) is 5.75 Å². The minimum absolute atomic E-state index is 0.0521. The van der Waals surface area contributed by atoms with Gasteiger partial charge in [0.1, 0.15) is 5.75 Å². The number of nitrogens with one attached hydrogen (secondary N) is 1. The number of fused-ring (bicyclic) bond motifs is 1. The summed E-state index contributed by atoms with van der Waals surface area (Å²) in [5, 5.41) is 8.78. The van der Waals surface area contributed by atoms with Gasteiger partial charge in [-0.25, -0.2) is 13.1 Å². The lowest BCUT2D eigenvalue weighted by Crippen LogP contribution is -2.34. The molecule has 0 bridgehead atoms. The molecule has 1 N–H and O–H groups in total. The third kappa shape index (κ3) is 3.21. The molecule has 0 fully saturated rings. The Bertz CT molecular complexity index is 960. The van der Waals surface area contributed by atoms with Crippen LogP contribution >= 0.6 is 0 Å². The number of hydrogen-bond donors (Lipinski definition) is 1. The molecule has 0 saturated heterocycles. The Morgan fingerprint density at radius 1 is 1.24 bits per heavy atom. The van der Waals surface area contributed by atoms with Crippen LogP contribution in [0.1, 0.15) is 29.0 Å². The second-order valence-corrected chi connectivity index (χ2v) is 7.41. The number of nitrogens with zero attached hydrogens (tertiary/aromatic N) is 1. The fraction of sp³-hybridized carbons (Fsp3) is 0.222. The predicted octanol–water partition coefficient (Wildman–Crippen LogP) is 2.10. The van der Waals surface area contributed by atoms with Crippen molar-refractivity contribution in [3.8, 4) is 11.8 Å². The summed E-state index contributed by atoms with van der Waals surface area (Å²) in [5.41, 5.74) is 2.09. The van der Waals surface area contributed by atoms with Crippen LogP contribution in [-0.4, -0.2) is 21.4 Å². The highest BCUT2D eigenvalue weighted by Gasteiger charge is 2.32. The zero-order valence-corrected chi connectivity index (χ0v) is 14.3. The van der Waals surface area contributed by atoms with Gasteiger partial charge in [0.15, 0.2) is 0 Å². The molecule has 0 heterocycles.